The minimum atomic E-state index is -0.492. The third kappa shape index (κ3) is 4.32. The van der Waals surface area contributed by atoms with Gasteiger partial charge in [0.1, 0.15) is 5.82 Å². The van der Waals surface area contributed by atoms with E-state index in [2.05, 4.69) is 15.5 Å². The molecule has 2 aromatic carbocycles. The number of urea groups is 1. The number of carbonyl (C=O) groups excluding carboxylic acids is 1. The second-order valence-electron chi connectivity index (χ2n) is 7.87. The average Bonchev–Trinajstić information content (AvgIpc) is 3.21. The van der Waals surface area contributed by atoms with Crippen molar-refractivity contribution in [1.29, 1.82) is 0 Å². The highest BCUT2D eigenvalue weighted by molar-refractivity contribution is 6.30. The van der Waals surface area contributed by atoms with Crippen LogP contribution in [0.1, 0.15) is 38.3 Å². The molecule has 0 aliphatic carbocycles. The van der Waals surface area contributed by atoms with Crippen molar-refractivity contribution in [2.45, 2.75) is 26.8 Å². The lowest BCUT2D eigenvalue weighted by Crippen LogP contribution is -2.47. The summed E-state index contributed by atoms with van der Waals surface area (Å²) in [6.07, 6.45) is 0. The molecule has 6 nitrogen and oxygen atoms in total. The van der Waals surface area contributed by atoms with E-state index in [0.29, 0.717) is 22.7 Å². The fourth-order valence-electron chi connectivity index (χ4n) is 3.63. The number of nitrogens with one attached hydrogen (secondary N) is 1. The van der Waals surface area contributed by atoms with Gasteiger partial charge >= 0.3 is 6.03 Å². The summed E-state index contributed by atoms with van der Waals surface area (Å²) < 4.78 is 19.2. The van der Waals surface area contributed by atoms with Gasteiger partial charge in [0.2, 0.25) is 5.82 Å². The summed E-state index contributed by atoms with van der Waals surface area (Å²) in [5.41, 5.74) is 2.77. The molecule has 0 fully saturated rings. The number of rotatable bonds is 5. The molecule has 1 aromatic heterocycles. The molecule has 160 valence electrons. The van der Waals surface area contributed by atoms with Gasteiger partial charge in [0.15, 0.2) is 0 Å². The summed E-state index contributed by atoms with van der Waals surface area (Å²) in [5, 5.41) is 7.69. The highest BCUT2D eigenvalue weighted by Gasteiger charge is 2.35. The normalized spacial score (nSPS) is 16.8. The molecule has 8 heteroatoms. The Morgan fingerprint density at radius 2 is 1.97 bits per heavy atom. The number of nitrogens with zero attached hydrogens (tertiary/aromatic N) is 3. The van der Waals surface area contributed by atoms with Gasteiger partial charge in [-0.15, -0.1) is 0 Å². The summed E-state index contributed by atoms with van der Waals surface area (Å²) in [6.45, 7) is 6.49. The van der Waals surface area contributed by atoms with Crippen LogP contribution in [0.3, 0.4) is 0 Å². The van der Waals surface area contributed by atoms with Crippen LogP contribution in [0.4, 0.5) is 9.18 Å². The molecule has 0 spiro atoms. The average molecular weight is 441 g/mol. The van der Waals surface area contributed by atoms with E-state index in [4.69, 9.17) is 16.1 Å². The second-order valence-corrected chi connectivity index (χ2v) is 8.31. The first kappa shape index (κ1) is 21.1. The highest BCUT2D eigenvalue weighted by atomic mass is 35.5. The quantitative estimate of drug-likeness (QED) is 0.553. The molecule has 2 heterocycles. The van der Waals surface area contributed by atoms with E-state index in [0.717, 1.165) is 11.3 Å². The van der Waals surface area contributed by atoms with Gasteiger partial charge in [-0.25, -0.2) is 9.18 Å². The maximum atomic E-state index is 13.6. The smallest absolute Gasteiger partial charge is 0.322 e. The Labute approximate surface area is 184 Å². The van der Waals surface area contributed by atoms with Gasteiger partial charge in [-0.3, -0.25) is 4.90 Å². The van der Waals surface area contributed by atoms with E-state index >= 15 is 0 Å². The third-order valence-electron chi connectivity index (χ3n) is 5.09. The predicted octanol–water partition coefficient (Wildman–Crippen LogP) is 5.68. The van der Waals surface area contributed by atoms with Crippen LogP contribution in [-0.2, 0) is 0 Å². The van der Waals surface area contributed by atoms with Crippen LogP contribution in [-0.4, -0.2) is 27.6 Å². The van der Waals surface area contributed by atoms with Gasteiger partial charge in [0.05, 0.1) is 11.6 Å². The Kier molecular flexibility index (Phi) is 5.78. The molecule has 1 N–H and O–H groups in total. The molecular formula is C23H22ClFN4O2. The lowest BCUT2D eigenvalue weighted by atomic mass is 9.94. The third-order valence-corrected chi connectivity index (χ3v) is 5.34. The molecular weight excluding hydrogens is 419 g/mol. The molecule has 0 radical (unpaired) electrons. The van der Waals surface area contributed by atoms with Crippen LogP contribution < -0.4 is 5.32 Å². The molecule has 1 aliphatic rings. The first-order valence-corrected chi connectivity index (χ1v) is 10.4. The summed E-state index contributed by atoms with van der Waals surface area (Å²) in [6, 6.07) is 12.6. The number of carbonyl (C=O) groups is 1. The Balaban J connectivity index is 1.82. The van der Waals surface area contributed by atoms with Crippen molar-refractivity contribution in [2.24, 2.45) is 5.92 Å². The van der Waals surface area contributed by atoms with Crippen LogP contribution >= 0.6 is 11.6 Å². The second kappa shape index (κ2) is 8.51. The monoisotopic (exact) mass is 440 g/mol. The largest absolute Gasteiger partial charge is 0.334 e. The maximum Gasteiger partial charge on any atom is 0.322 e. The molecule has 0 saturated heterocycles. The van der Waals surface area contributed by atoms with Crippen molar-refractivity contribution in [3.63, 3.8) is 0 Å². The maximum absolute atomic E-state index is 13.6. The van der Waals surface area contributed by atoms with Gasteiger partial charge in [-0.05, 0) is 42.7 Å². The van der Waals surface area contributed by atoms with Gasteiger partial charge in [-0.1, -0.05) is 54.9 Å². The molecule has 31 heavy (non-hydrogen) atoms. The Morgan fingerprint density at radius 3 is 2.65 bits per heavy atom. The molecule has 3 aromatic rings. The molecule has 1 unspecified atom stereocenters. The van der Waals surface area contributed by atoms with Crippen LogP contribution in [0.5, 0.6) is 0 Å². The van der Waals surface area contributed by atoms with Crippen LogP contribution in [0.15, 0.2) is 58.8 Å². The fraction of sp³-hybridized carbons (Fsp3) is 0.261. The van der Waals surface area contributed by atoms with E-state index in [1.165, 1.54) is 12.1 Å². The summed E-state index contributed by atoms with van der Waals surface area (Å²) in [5.74, 6) is 0.424. The number of halogens is 2. The number of benzene rings is 2. The van der Waals surface area contributed by atoms with Crippen LogP contribution in [0.25, 0.3) is 17.0 Å². The van der Waals surface area contributed by atoms with Gasteiger partial charge in [-0.2, -0.15) is 4.98 Å². The zero-order chi connectivity index (χ0) is 22.1. The number of hydrogen-bond donors (Lipinski definition) is 1. The van der Waals surface area contributed by atoms with Crippen molar-refractivity contribution in [1.82, 2.24) is 20.4 Å². The van der Waals surface area contributed by atoms with Crippen molar-refractivity contribution in [3.8, 4) is 11.4 Å². The molecule has 2 amide bonds. The molecule has 0 saturated carbocycles. The summed E-state index contributed by atoms with van der Waals surface area (Å²) in [7, 11) is 0. The lowest BCUT2D eigenvalue weighted by molar-refractivity contribution is 0.199. The van der Waals surface area contributed by atoms with E-state index in [-0.39, 0.29) is 29.5 Å². The highest BCUT2D eigenvalue weighted by Crippen LogP contribution is 2.37. The molecule has 0 bridgehead atoms. The number of aromatic nitrogens is 2. The zero-order valence-corrected chi connectivity index (χ0v) is 18.2. The zero-order valence-electron chi connectivity index (χ0n) is 17.4. The summed E-state index contributed by atoms with van der Waals surface area (Å²) in [4.78, 5) is 19.1. The van der Waals surface area contributed by atoms with Gasteiger partial charge in [0.25, 0.3) is 5.89 Å². The fourth-order valence-corrected chi connectivity index (χ4v) is 3.75. The first-order chi connectivity index (χ1) is 14.8. The van der Waals surface area contributed by atoms with Crippen molar-refractivity contribution in [3.05, 3.63) is 76.5 Å². The minimum Gasteiger partial charge on any atom is -0.334 e. The summed E-state index contributed by atoms with van der Waals surface area (Å²) >= 11 is 6.05. The Bertz CT molecular complexity index is 1140. The van der Waals surface area contributed by atoms with Gasteiger partial charge < -0.3 is 9.84 Å². The van der Waals surface area contributed by atoms with Crippen molar-refractivity contribution in [2.75, 3.05) is 6.54 Å². The topological polar surface area (TPSA) is 71.3 Å². The van der Waals surface area contributed by atoms with Crippen molar-refractivity contribution >= 4 is 23.2 Å². The van der Waals surface area contributed by atoms with E-state index in [9.17, 15) is 9.18 Å². The molecule has 4 rings (SSSR count). The van der Waals surface area contributed by atoms with Crippen molar-refractivity contribution < 1.29 is 13.7 Å². The SMILES string of the molecule is CC1=C(c2nc(-c3cccc(F)c3)no2)C(c2ccc(Cl)cc2)NC(=O)N1CC(C)C. The van der Waals surface area contributed by atoms with E-state index in [1.807, 2.05) is 32.9 Å². The lowest BCUT2D eigenvalue weighted by Gasteiger charge is -2.36. The number of hydrogen-bond acceptors (Lipinski definition) is 4. The van der Waals surface area contributed by atoms with Crippen LogP contribution in [0.2, 0.25) is 5.02 Å². The Morgan fingerprint density at radius 1 is 1.23 bits per heavy atom. The van der Waals surface area contributed by atoms with E-state index in [1.54, 1.807) is 29.2 Å². The van der Waals surface area contributed by atoms with Crippen LogP contribution in [0, 0.1) is 11.7 Å². The Hall–Kier alpha value is -3.19. The number of amides is 2. The van der Waals surface area contributed by atoms with Gasteiger partial charge in [0, 0.05) is 22.8 Å². The van der Waals surface area contributed by atoms with E-state index < -0.39 is 6.04 Å². The first-order valence-electron chi connectivity index (χ1n) is 9.97. The minimum absolute atomic E-state index is 0.195. The number of allylic oxidation sites excluding steroid dienone is 1. The standard InChI is InChI=1S/C23H22ClFN4O2/c1-13(2)12-29-14(3)19(20(26-23(29)30)15-7-9-17(24)10-8-15)22-27-21(28-31-22)16-5-4-6-18(25)11-16/h4-11,13,20H,12H2,1-3H3,(H,26,30). The molecule has 1 aliphatic heterocycles. The molecule has 1 atom stereocenters. The predicted molar refractivity (Wildman–Crippen MR) is 117 cm³/mol.